The summed E-state index contributed by atoms with van der Waals surface area (Å²) in [6.07, 6.45) is 5.27. The number of hydrogen-bond acceptors (Lipinski definition) is 3. The summed E-state index contributed by atoms with van der Waals surface area (Å²) < 4.78 is 12.9. The third kappa shape index (κ3) is 5.04. The molecule has 1 aliphatic heterocycles. The van der Waals surface area contributed by atoms with Crippen LogP contribution < -0.4 is 5.32 Å². The van der Waals surface area contributed by atoms with Crippen LogP contribution in [0.5, 0.6) is 0 Å². The highest BCUT2D eigenvalue weighted by Crippen LogP contribution is 2.24. The van der Waals surface area contributed by atoms with Crippen molar-refractivity contribution in [2.24, 2.45) is 0 Å². The Bertz CT molecular complexity index is 829. The minimum atomic E-state index is -0.527. The van der Waals surface area contributed by atoms with Crippen LogP contribution in [-0.2, 0) is 22.6 Å². The fourth-order valence-electron chi connectivity index (χ4n) is 3.17. The van der Waals surface area contributed by atoms with Gasteiger partial charge in [-0.1, -0.05) is 25.5 Å². The lowest BCUT2D eigenvalue weighted by atomic mass is 10.1. The number of rotatable bonds is 6. The van der Waals surface area contributed by atoms with E-state index in [0.29, 0.717) is 19.5 Å². The topological polar surface area (TPSA) is 49.4 Å². The standard InChI is InChI=1S/C21H23FN2O2S/c1-2-3-18(21(26)24-12-10-19-16(14-24)11-13-27-19)23-20(25)9-6-15-4-7-17(22)8-5-15/h4-9,11,13,18H,2-3,10,12,14H2,1H3,(H,23,25). The van der Waals surface area contributed by atoms with E-state index in [0.717, 1.165) is 18.4 Å². The van der Waals surface area contributed by atoms with E-state index in [4.69, 9.17) is 0 Å². The Morgan fingerprint density at radius 3 is 2.81 bits per heavy atom. The van der Waals surface area contributed by atoms with Crippen molar-refractivity contribution < 1.29 is 14.0 Å². The smallest absolute Gasteiger partial charge is 0.245 e. The zero-order valence-corrected chi connectivity index (χ0v) is 16.1. The highest BCUT2D eigenvalue weighted by atomic mass is 32.1. The minimum Gasteiger partial charge on any atom is -0.341 e. The Morgan fingerprint density at radius 2 is 2.07 bits per heavy atom. The summed E-state index contributed by atoms with van der Waals surface area (Å²) in [6.45, 7) is 3.29. The van der Waals surface area contributed by atoms with E-state index < -0.39 is 6.04 Å². The molecule has 6 heteroatoms. The summed E-state index contributed by atoms with van der Waals surface area (Å²) in [5.74, 6) is -0.669. The molecule has 0 saturated carbocycles. The SMILES string of the molecule is CCCC(NC(=O)C=Cc1ccc(F)cc1)C(=O)N1CCc2sccc2C1. The monoisotopic (exact) mass is 386 g/mol. The number of carbonyl (C=O) groups excluding carboxylic acids is 2. The number of hydrogen-bond donors (Lipinski definition) is 1. The molecule has 2 heterocycles. The molecule has 142 valence electrons. The van der Waals surface area contributed by atoms with Gasteiger partial charge in [-0.25, -0.2) is 4.39 Å². The molecule has 3 rings (SSSR count). The first-order valence-corrected chi connectivity index (χ1v) is 10.0. The van der Waals surface area contributed by atoms with Gasteiger partial charge in [-0.2, -0.15) is 0 Å². The molecular weight excluding hydrogens is 363 g/mol. The molecule has 1 aromatic heterocycles. The van der Waals surface area contributed by atoms with Crippen LogP contribution in [0.25, 0.3) is 6.08 Å². The molecule has 0 fully saturated rings. The van der Waals surface area contributed by atoms with Gasteiger partial charge in [0, 0.05) is 24.0 Å². The maximum Gasteiger partial charge on any atom is 0.245 e. The third-order valence-electron chi connectivity index (χ3n) is 4.61. The molecule has 0 saturated heterocycles. The zero-order valence-electron chi connectivity index (χ0n) is 15.3. The summed E-state index contributed by atoms with van der Waals surface area (Å²) in [4.78, 5) is 28.4. The predicted molar refractivity (Wildman–Crippen MR) is 106 cm³/mol. The van der Waals surface area contributed by atoms with Crippen LogP contribution in [0.3, 0.4) is 0 Å². The van der Waals surface area contributed by atoms with Crippen LogP contribution in [0.4, 0.5) is 4.39 Å². The molecule has 1 aliphatic rings. The van der Waals surface area contributed by atoms with E-state index >= 15 is 0 Å². The van der Waals surface area contributed by atoms with Crippen LogP contribution in [0.1, 0.15) is 35.8 Å². The van der Waals surface area contributed by atoms with Crippen LogP contribution in [0.2, 0.25) is 0 Å². The molecule has 1 aromatic carbocycles. The normalized spacial score (nSPS) is 14.8. The van der Waals surface area contributed by atoms with Crippen molar-refractivity contribution in [1.82, 2.24) is 10.2 Å². The summed E-state index contributed by atoms with van der Waals surface area (Å²) in [5.41, 5.74) is 1.93. The second-order valence-electron chi connectivity index (χ2n) is 6.61. The Balaban J connectivity index is 1.61. The summed E-state index contributed by atoms with van der Waals surface area (Å²) in [5, 5.41) is 4.89. The van der Waals surface area contributed by atoms with Crippen molar-refractivity contribution >= 4 is 29.2 Å². The van der Waals surface area contributed by atoms with Crippen molar-refractivity contribution in [3.8, 4) is 0 Å². The number of thiophene rings is 1. The van der Waals surface area contributed by atoms with Crippen molar-refractivity contribution in [3.05, 3.63) is 63.6 Å². The van der Waals surface area contributed by atoms with Crippen molar-refractivity contribution in [2.45, 2.75) is 38.8 Å². The largest absolute Gasteiger partial charge is 0.341 e. The molecule has 1 unspecified atom stereocenters. The number of nitrogens with one attached hydrogen (secondary N) is 1. The van der Waals surface area contributed by atoms with Crippen LogP contribution in [-0.4, -0.2) is 29.3 Å². The number of amides is 2. The molecule has 2 aromatic rings. The van der Waals surface area contributed by atoms with E-state index in [1.54, 1.807) is 29.5 Å². The van der Waals surface area contributed by atoms with E-state index in [1.807, 2.05) is 11.8 Å². The number of fused-ring (bicyclic) bond motifs is 1. The average molecular weight is 386 g/mol. The Labute approximate surface area is 162 Å². The quantitative estimate of drug-likeness (QED) is 0.769. The molecule has 0 aliphatic carbocycles. The first-order chi connectivity index (χ1) is 13.1. The van der Waals surface area contributed by atoms with Gasteiger partial charge in [-0.05, 0) is 53.6 Å². The van der Waals surface area contributed by atoms with E-state index in [1.165, 1.54) is 28.6 Å². The van der Waals surface area contributed by atoms with Crippen LogP contribution in [0, 0.1) is 5.82 Å². The minimum absolute atomic E-state index is 0.0303. The van der Waals surface area contributed by atoms with E-state index in [-0.39, 0.29) is 17.6 Å². The maximum absolute atomic E-state index is 12.9. The van der Waals surface area contributed by atoms with Crippen molar-refractivity contribution in [3.63, 3.8) is 0 Å². The Kier molecular flexibility index (Phi) is 6.40. The summed E-state index contributed by atoms with van der Waals surface area (Å²) in [7, 11) is 0. The van der Waals surface area contributed by atoms with E-state index in [2.05, 4.69) is 16.8 Å². The van der Waals surface area contributed by atoms with Crippen molar-refractivity contribution in [1.29, 1.82) is 0 Å². The lowest BCUT2D eigenvalue weighted by Gasteiger charge is -2.30. The molecule has 0 radical (unpaired) electrons. The van der Waals surface area contributed by atoms with Gasteiger partial charge in [0.1, 0.15) is 11.9 Å². The molecular formula is C21H23FN2O2S. The fraction of sp³-hybridized carbons (Fsp3) is 0.333. The van der Waals surface area contributed by atoms with Gasteiger partial charge in [0.05, 0.1) is 0 Å². The van der Waals surface area contributed by atoms with Gasteiger partial charge in [-0.3, -0.25) is 9.59 Å². The van der Waals surface area contributed by atoms with Gasteiger partial charge < -0.3 is 10.2 Å². The number of benzene rings is 1. The van der Waals surface area contributed by atoms with Crippen LogP contribution >= 0.6 is 11.3 Å². The third-order valence-corrected chi connectivity index (χ3v) is 5.63. The predicted octanol–water partition coefficient (Wildman–Crippen LogP) is 3.77. The highest BCUT2D eigenvalue weighted by molar-refractivity contribution is 7.10. The number of halogens is 1. The molecule has 0 spiro atoms. The molecule has 1 N–H and O–H groups in total. The molecule has 27 heavy (non-hydrogen) atoms. The molecule has 1 atom stereocenters. The van der Waals surface area contributed by atoms with Gasteiger partial charge in [-0.15, -0.1) is 11.3 Å². The Hall–Kier alpha value is -2.47. The summed E-state index contributed by atoms with van der Waals surface area (Å²) >= 11 is 1.73. The number of nitrogens with zero attached hydrogens (tertiary/aromatic N) is 1. The first-order valence-electron chi connectivity index (χ1n) is 9.15. The van der Waals surface area contributed by atoms with Gasteiger partial charge in [0.25, 0.3) is 0 Å². The lowest BCUT2D eigenvalue weighted by molar-refractivity contribution is -0.136. The molecule has 4 nitrogen and oxygen atoms in total. The second kappa shape index (κ2) is 8.95. The fourth-order valence-corrected chi connectivity index (χ4v) is 4.06. The Morgan fingerprint density at radius 1 is 1.30 bits per heavy atom. The lowest BCUT2D eigenvalue weighted by Crippen LogP contribution is -2.49. The average Bonchev–Trinajstić information content (AvgIpc) is 3.14. The van der Waals surface area contributed by atoms with Gasteiger partial charge in [0.2, 0.25) is 11.8 Å². The maximum atomic E-state index is 12.9. The molecule has 2 amide bonds. The second-order valence-corrected chi connectivity index (χ2v) is 7.61. The first kappa shape index (κ1) is 19.3. The van der Waals surface area contributed by atoms with Gasteiger partial charge in [0.15, 0.2) is 0 Å². The van der Waals surface area contributed by atoms with Crippen LogP contribution in [0.15, 0.2) is 41.8 Å². The number of carbonyl (C=O) groups is 2. The molecule has 0 bridgehead atoms. The van der Waals surface area contributed by atoms with E-state index in [9.17, 15) is 14.0 Å². The van der Waals surface area contributed by atoms with Crippen molar-refractivity contribution in [2.75, 3.05) is 6.54 Å². The van der Waals surface area contributed by atoms with Gasteiger partial charge >= 0.3 is 0 Å². The zero-order chi connectivity index (χ0) is 19.2. The highest BCUT2D eigenvalue weighted by Gasteiger charge is 2.27. The summed E-state index contributed by atoms with van der Waals surface area (Å²) in [6, 6.07) is 7.42.